The number of fused-ring (bicyclic) bond motifs is 2. The summed E-state index contributed by atoms with van der Waals surface area (Å²) in [6.07, 6.45) is 3.45. The van der Waals surface area contributed by atoms with E-state index < -0.39 is 11.7 Å². The molecule has 0 aliphatic rings. The van der Waals surface area contributed by atoms with Crippen LogP contribution in [0.4, 0.5) is 10.1 Å². The minimum atomic E-state index is -0.637. The first-order chi connectivity index (χ1) is 20.5. The molecule has 0 spiro atoms. The van der Waals surface area contributed by atoms with Crippen molar-refractivity contribution in [3.8, 4) is 22.1 Å². The van der Waals surface area contributed by atoms with Crippen molar-refractivity contribution in [2.45, 2.75) is 6.54 Å². The van der Waals surface area contributed by atoms with Gasteiger partial charge in [-0.2, -0.15) is 0 Å². The lowest BCUT2D eigenvalue weighted by Crippen LogP contribution is -2.18. The number of pyridine rings is 2. The summed E-state index contributed by atoms with van der Waals surface area (Å²) in [6, 6.07) is 16.9. The first-order valence-corrected chi connectivity index (χ1v) is 14.1. The normalized spacial score (nSPS) is 11.3. The van der Waals surface area contributed by atoms with Crippen LogP contribution in [-0.4, -0.2) is 46.1 Å². The summed E-state index contributed by atoms with van der Waals surface area (Å²) in [7, 11) is 1.67. The maximum absolute atomic E-state index is 15.1. The number of aromatic nitrogens is 4. The van der Waals surface area contributed by atoms with Crippen molar-refractivity contribution in [1.82, 2.24) is 25.3 Å². The minimum Gasteiger partial charge on any atom is -0.453 e. The zero-order valence-corrected chi connectivity index (χ0v) is 23.9. The van der Waals surface area contributed by atoms with Crippen molar-refractivity contribution in [2.75, 3.05) is 25.6 Å². The maximum atomic E-state index is 15.1. The number of thiophene rings is 1. The van der Waals surface area contributed by atoms with E-state index >= 15 is 4.39 Å². The van der Waals surface area contributed by atoms with Crippen molar-refractivity contribution < 1.29 is 18.7 Å². The molecule has 4 heterocycles. The number of hydrogen-bond acceptors (Lipinski definition) is 8. The number of rotatable bonds is 10. The number of amides is 1. The third kappa shape index (κ3) is 6.09. The van der Waals surface area contributed by atoms with Gasteiger partial charge in [-0.15, -0.1) is 11.3 Å². The van der Waals surface area contributed by atoms with Crippen molar-refractivity contribution in [1.29, 1.82) is 0 Å². The number of methoxy groups -OCH3 is 1. The number of benzene rings is 2. The van der Waals surface area contributed by atoms with Crippen LogP contribution in [0.25, 0.3) is 31.8 Å². The van der Waals surface area contributed by atoms with E-state index in [4.69, 9.17) is 21.1 Å². The molecular formula is C30H24ClFN6O3S. The Morgan fingerprint density at radius 1 is 1.05 bits per heavy atom. The third-order valence-corrected chi connectivity index (χ3v) is 7.73. The molecule has 0 unspecified atom stereocenters. The molecule has 0 aliphatic carbocycles. The van der Waals surface area contributed by atoms with Crippen LogP contribution in [0, 0.1) is 5.82 Å². The van der Waals surface area contributed by atoms with Crippen LogP contribution in [0.3, 0.4) is 0 Å². The number of anilines is 1. The fourth-order valence-electron chi connectivity index (χ4n) is 4.26. The molecule has 9 nitrogen and oxygen atoms in total. The number of aromatic amines is 1. The highest BCUT2D eigenvalue weighted by atomic mass is 35.5. The number of carbonyl (C=O) groups is 1. The van der Waals surface area contributed by atoms with Crippen LogP contribution in [0.15, 0.2) is 73.1 Å². The topological polar surface area (TPSA) is 114 Å². The quantitative estimate of drug-likeness (QED) is 0.148. The van der Waals surface area contributed by atoms with Crippen molar-refractivity contribution >= 4 is 55.8 Å². The minimum absolute atomic E-state index is 0.0114. The Balaban J connectivity index is 1.16. The third-order valence-electron chi connectivity index (χ3n) is 6.33. The lowest BCUT2D eigenvalue weighted by molar-refractivity contribution is 0.101. The van der Waals surface area contributed by atoms with Crippen molar-refractivity contribution in [2.24, 2.45) is 0 Å². The molecule has 6 aromatic rings. The maximum Gasteiger partial charge on any atom is 0.291 e. The fourth-order valence-corrected chi connectivity index (χ4v) is 5.48. The average molecular weight is 603 g/mol. The van der Waals surface area contributed by atoms with Gasteiger partial charge in [0, 0.05) is 55.4 Å². The van der Waals surface area contributed by atoms with E-state index in [9.17, 15) is 4.79 Å². The molecule has 42 heavy (non-hydrogen) atoms. The van der Waals surface area contributed by atoms with Crippen LogP contribution < -0.4 is 15.4 Å². The Kier molecular flexibility index (Phi) is 8.06. The summed E-state index contributed by atoms with van der Waals surface area (Å²) in [5.41, 5.74) is 4.07. The van der Waals surface area contributed by atoms with Gasteiger partial charge < -0.3 is 25.1 Å². The standard InChI is InChI=1S/C30H24ClFN6O3S/c1-40-11-10-33-15-17-2-5-22(35-16-17)27-14-24-28(42-27)26(8-9-34-24)41-25-7-4-19(13-20(25)32)36-30(39)29-37-21-6-3-18(31)12-23(21)38-29/h2-9,12-14,16,33H,10-11,15H2,1H3,(H,36,39)(H,37,38). The molecule has 3 N–H and O–H groups in total. The smallest absolute Gasteiger partial charge is 0.291 e. The van der Waals surface area contributed by atoms with Crippen LogP contribution in [0.2, 0.25) is 5.02 Å². The lowest BCUT2D eigenvalue weighted by Gasteiger charge is -2.09. The van der Waals surface area contributed by atoms with Gasteiger partial charge in [-0.05, 0) is 48.0 Å². The number of nitrogens with zero attached hydrogens (tertiary/aromatic N) is 3. The van der Waals surface area contributed by atoms with Gasteiger partial charge in [-0.1, -0.05) is 17.7 Å². The molecule has 0 aliphatic heterocycles. The van der Waals surface area contributed by atoms with E-state index in [0.717, 1.165) is 32.9 Å². The van der Waals surface area contributed by atoms with Crippen LogP contribution in [-0.2, 0) is 11.3 Å². The number of imidazole rings is 1. The van der Waals surface area contributed by atoms with Crippen molar-refractivity contribution in [3.63, 3.8) is 0 Å². The summed E-state index contributed by atoms with van der Waals surface area (Å²) in [5, 5.41) is 6.47. The molecule has 0 saturated heterocycles. The molecule has 12 heteroatoms. The molecule has 4 aromatic heterocycles. The van der Waals surface area contributed by atoms with E-state index in [-0.39, 0.29) is 17.3 Å². The second-order valence-electron chi connectivity index (χ2n) is 9.30. The van der Waals surface area contributed by atoms with Crippen LogP contribution in [0.5, 0.6) is 11.5 Å². The molecule has 2 aromatic carbocycles. The molecule has 0 saturated carbocycles. The van der Waals surface area contributed by atoms with Gasteiger partial charge in [0.25, 0.3) is 5.91 Å². The highest BCUT2D eigenvalue weighted by Gasteiger charge is 2.16. The second kappa shape index (κ2) is 12.2. The largest absolute Gasteiger partial charge is 0.453 e. The molecule has 212 valence electrons. The molecule has 0 atom stereocenters. The summed E-state index contributed by atoms with van der Waals surface area (Å²) < 4.78 is 26.9. The molecule has 0 fully saturated rings. The average Bonchev–Trinajstić information content (AvgIpc) is 3.62. The summed E-state index contributed by atoms with van der Waals surface area (Å²) in [6.45, 7) is 2.11. The molecular weight excluding hydrogens is 579 g/mol. The Morgan fingerprint density at radius 2 is 1.95 bits per heavy atom. The summed E-state index contributed by atoms with van der Waals surface area (Å²) in [5.74, 6) is -0.587. The zero-order valence-electron chi connectivity index (χ0n) is 22.3. The Hall–Kier alpha value is -4.42. The van der Waals surface area contributed by atoms with Gasteiger partial charge in [0.15, 0.2) is 17.4 Å². The monoisotopic (exact) mass is 602 g/mol. The molecule has 6 rings (SSSR count). The van der Waals surface area contributed by atoms with E-state index in [1.54, 1.807) is 43.6 Å². The van der Waals surface area contributed by atoms with Crippen molar-refractivity contribution in [3.05, 3.63) is 95.3 Å². The van der Waals surface area contributed by atoms with Crippen LogP contribution >= 0.6 is 22.9 Å². The highest BCUT2D eigenvalue weighted by molar-refractivity contribution is 7.22. The zero-order chi connectivity index (χ0) is 29.1. The first kappa shape index (κ1) is 27.7. The number of carbonyl (C=O) groups excluding carboxylic acids is 1. The van der Waals surface area contributed by atoms with Gasteiger partial charge in [0.2, 0.25) is 0 Å². The van der Waals surface area contributed by atoms with Crippen LogP contribution in [0.1, 0.15) is 16.2 Å². The number of H-pyrrole nitrogens is 1. The van der Waals surface area contributed by atoms with E-state index in [1.807, 2.05) is 24.4 Å². The predicted octanol–water partition coefficient (Wildman–Crippen LogP) is 6.81. The number of nitrogens with one attached hydrogen (secondary N) is 3. The Morgan fingerprint density at radius 3 is 2.76 bits per heavy atom. The lowest BCUT2D eigenvalue weighted by atomic mass is 10.2. The highest BCUT2D eigenvalue weighted by Crippen LogP contribution is 2.39. The van der Waals surface area contributed by atoms with E-state index in [2.05, 4.69) is 30.6 Å². The first-order valence-electron chi connectivity index (χ1n) is 12.9. The summed E-state index contributed by atoms with van der Waals surface area (Å²) >= 11 is 7.47. The fraction of sp³-hybridized carbons (Fsp3) is 0.133. The Labute approximate surface area is 248 Å². The predicted molar refractivity (Wildman–Crippen MR) is 162 cm³/mol. The SMILES string of the molecule is COCCNCc1ccc(-c2cc3nccc(Oc4ccc(NC(=O)c5nc6ccc(Cl)cc6[nH]5)cc4F)c3s2)nc1. The van der Waals surface area contributed by atoms with Gasteiger partial charge in [0.1, 0.15) is 5.75 Å². The molecule has 0 bridgehead atoms. The van der Waals surface area contributed by atoms with E-state index in [1.165, 1.54) is 23.5 Å². The number of halogens is 2. The molecule has 1 amide bonds. The number of hydrogen-bond donors (Lipinski definition) is 3. The Bertz CT molecular complexity index is 1890. The van der Waals surface area contributed by atoms with Gasteiger partial charge in [-0.3, -0.25) is 14.8 Å². The van der Waals surface area contributed by atoms with Gasteiger partial charge >= 0.3 is 0 Å². The van der Waals surface area contributed by atoms with E-state index in [0.29, 0.717) is 35.0 Å². The number of ether oxygens (including phenoxy) is 2. The second-order valence-corrected chi connectivity index (χ2v) is 10.8. The van der Waals surface area contributed by atoms with Gasteiger partial charge in [-0.25, -0.2) is 9.37 Å². The van der Waals surface area contributed by atoms with Gasteiger partial charge in [0.05, 0.1) is 38.4 Å². The summed E-state index contributed by atoms with van der Waals surface area (Å²) in [4.78, 5) is 29.8. The molecule has 0 radical (unpaired) electrons.